The molecule has 1 heterocycles. The van der Waals surface area contributed by atoms with Gasteiger partial charge in [0.15, 0.2) is 6.61 Å². The van der Waals surface area contributed by atoms with Gasteiger partial charge in [-0.1, -0.05) is 18.2 Å². The molecule has 1 fully saturated rings. The minimum absolute atomic E-state index is 0.0330. The van der Waals surface area contributed by atoms with E-state index in [1.807, 2.05) is 31.1 Å². The maximum Gasteiger partial charge on any atom is 0.343 e. The number of hydrazine groups is 1. The molecule has 8 nitrogen and oxygen atoms in total. The van der Waals surface area contributed by atoms with Crippen molar-refractivity contribution in [1.29, 1.82) is 0 Å². The summed E-state index contributed by atoms with van der Waals surface area (Å²) in [6.07, 6.45) is 1.45. The van der Waals surface area contributed by atoms with Gasteiger partial charge in [-0.25, -0.2) is 9.80 Å². The van der Waals surface area contributed by atoms with E-state index in [0.717, 1.165) is 5.69 Å². The fourth-order valence-corrected chi connectivity index (χ4v) is 2.71. The molecule has 2 aromatic rings. The van der Waals surface area contributed by atoms with Gasteiger partial charge in [-0.15, -0.1) is 0 Å². The van der Waals surface area contributed by atoms with Crippen LogP contribution in [-0.2, 0) is 19.1 Å². The largest absolute Gasteiger partial charge is 0.481 e. The average Bonchev–Trinajstić information content (AvgIpc) is 3.01. The first-order valence-corrected chi connectivity index (χ1v) is 8.84. The first-order valence-electron chi connectivity index (χ1n) is 8.84. The first kappa shape index (κ1) is 19.9. The molecule has 1 aliphatic heterocycles. The molecule has 1 saturated heterocycles. The lowest BCUT2D eigenvalue weighted by Crippen LogP contribution is -2.35. The number of ether oxygens (including phenoxy) is 2. The summed E-state index contributed by atoms with van der Waals surface area (Å²) in [5.74, 6) is -1.18. The Kier molecular flexibility index (Phi) is 5.82. The molecule has 1 N–H and O–H groups in total. The molecule has 2 amide bonds. The van der Waals surface area contributed by atoms with E-state index in [0.29, 0.717) is 17.0 Å². The van der Waals surface area contributed by atoms with E-state index in [1.165, 1.54) is 18.2 Å². The Labute approximate surface area is 168 Å². The Morgan fingerprint density at radius 2 is 1.86 bits per heavy atom. The van der Waals surface area contributed by atoms with Crippen molar-refractivity contribution < 1.29 is 23.9 Å². The Balaban J connectivity index is 1.94. The summed E-state index contributed by atoms with van der Waals surface area (Å²) in [7, 11) is 5.00. The van der Waals surface area contributed by atoms with Gasteiger partial charge in [0.05, 0.1) is 12.8 Å². The highest BCUT2D eigenvalue weighted by Crippen LogP contribution is 2.29. The zero-order valence-electron chi connectivity index (χ0n) is 16.3. The number of anilines is 2. The summed E-state index contributed by atoms with van der Waals surface area (Å²) in [5.41, 5.74) is 4.40. The van der Waals surface area contributed by atoms with Gasteiger partial charge in [0.25, 0.3) is 11.8 Å². The standard InChI is InChI=1S/C21H21N3O5/c1-23(2)16-10-9-14(18(12-16)29-13-19(25)28-3)11-17-20(26)22-24(21(17)27)15-7-5-4-6-8-15/h4-12H,13H2,1-3H3,(H,22,26)/b17-11-. The topological polar surface area (TPSA) is 88.2 Å². The van der Waals surface area contributed by atoms with Crippen LogP contribution >= 0.6 is 0 Å². The lowest BCUT2D eigenvalue weighted by molar-refractivity contribution is -0.142. The van der Waals surface area contributed by atoms with Crippen molar-refractivity contribution in [2.75, 3.05) is 37.7 Å². The van der Waals surface area contributed by atoms with E-state index in [1.54, 1.807) is 36.4 Å². The number of esters is 1. The highest BCUT2D eigenvalue weighted by atomic mass is 16.6. The molecule has 1 aliphatic rings. The average molecular weight is 395 g/mol. The van der Waals surface area contributed by atoms with Crippen LogP contribution in [0.3, 0.4) is 0 Å². The quantitative estimate of drug-likeness (QED) is 0.456. The number of nitrogens with zero attached hydrogens (tertiary/aromatic N) is 2. The van der Waals surface area contributed by atoms with Crippen molar-refractivity contribution in [1.82, 2.24) is 5.43 Å². The van der Waals surface area contributed by atoms with Crippen molar-refractivity contribution in [2.24, 2.45) is 0 Å². The highest BCUT2D eigenvalue weighted by molar-refractivity contribution is 6.31. The molecule has 29 heavy (non-hydrogen) atoms. The van der Waals surface area contributed by atoms with Gasteiger partial charge in [-0.3, -0.25) is 15.0 Å². The van der Waals surface area contributed by atoms with E-state index in [4.69, 9.17) is 4.74 Å². The van der Waals surface area contributed by atoms with Crippen LogP contribution < -0.4 is 20.1 Å². The lowest BCUT2D eigenvalue weighted by atomic mass is 10.1. The Hall–Kier alpha value is -3.81. The number of benzene rings is 2. The predicted octanol–water partition coefficient (Wildman–Crippen LogP) is 1.77. The van der Waals surface area contributed by atoms with E-state index >= 15 is 0 Å². The summed E-state index contributed by atoms with van der Waals surface area (Å²) in [6.45, 7) is -0.292. The van der Waals surface area contributed by atoms with Gasteiger partial charge in [-0.05, 0) is 30.3 Å². The minimum atomic E-state index is -0.538. The summed E-state index contributed by atoms with van der Waals surface area (Å²) in [6, 6.07) is 14.1. The molecule has 8 heteroatoms. The second kappa shape index (κ2) is 8.47. The number of carbonyl (C=O) groups is 3. The molecule has 0 aromatic heterocycles. The van der Waals surface area contributed by atoms with Gasteiger partial charge < -0.3 is 14.4 Å². The molecule has 3 rings (SSSR count). The number of amides is 2. The molecule has 2 aromatic carbocycles. The number of rotatable bonds is 6. The molecular weight excluding hydrogens is 374 g/mol. The van der Waals surface area contributed by atoms with E-state index in [-0.39, 0.29) is 12.2 Å². The Morgan fingerprint density at radius 1 is 1.14 bits per heavy atom. The number of nitrogens with one attached hydrogen (secondary N) is 1. The van der Waals surface area contributed by atoms with Crippen LogP contribution in [0.2, 0.25) is 0 Å². The van der Waals surface area contributed by atoms with Gasteiger partial charge in [0.2, 0.25) is 0 Å². The van der Waals surface area contributed by atoms with Gasteiger partial charge in [0, 0.05) is 31.4 Å². The Morgan fingerprint density at radius 3 is 2.52 bits per heavy atom. The minimum Gasteiger partial charge on any atom is -0.481 e. The summed E-state index contributed by atoms with van der Waals surface area (Å²) in [5, 5.41) is 1.19. The predicted molar refractivity (Wildman–Crippen MR) is 108 cm³/mol. The summed E-state index contributed by atoms with van der Waals surface area (Å²) in [4.78, 5) is 38.5. The summed E-state index contributed by atoms with van der Waals surface area (Å²) >= 11 is 0. The van der Waals surface area contributed by atoms with Crippen molar-refractivity contribution in [3.8, 4) is 5.75 Å². The number of hydrogen-bond donors (Lipinski definition) is 1. The summed E-state index contributed by atoms with van der Waals surface area (Å²) < 4.78 is 10.2. The number of hydrogen-bond acceptors (Lipinski definition) is 6. The highest BCUT2D eigenvalue weighted by Gasteiger charge is 2.34. The third-order valence-corrected chi connectivity index (χ3v) is 4.29. The lowest BCUT2D eigenvalue weighted by Gasteiger charge is -2.16. The van der Waals surface area contributed by atoms with Crippen LogP contribution in [-0.4, -0.2) is 45.6 Å². The van der Waals surface area contributed by atoms with E-state index in [9.17, 15) is 14.4 Å². The SMILES string of the molecule is COC(=O)COc1cc(N(C)C)ccc1/C=C1/C(=O)NN(c2ccccc2)C1=O. The van der Waals surface area contributed by atoms with Crippen LogP contribution in [0, 0.1) is 0 Å². The van der Waals surface area contributed by atoms with Gasteiger partial charge >= 0.3 is 5.97 Å². The molecule has 150 valence electrons. The second-order valence-corrected chi connectivity index (χ2v) is 6.46. The van der Waals surface area contributed by atoms with Crippen molar-refractivity contribution in [2.45, 2.75) is 0 Å². The van der Waals surface area contributed by atoms with Crippen LogP contribution in [0.5, 0.6) is 5.75 Å². The van der Waals surface area contributed by atoms with Crippen LogP contribution in [0.25, 0.3) is 6.08 Å². The maximum atomic E-state index is 12.8. The molecule has 0 unspecified atom stereocenters. The maximum absolute atomic E-state index is 12.8. The fourth-order valence-electron chi connectivity index (χ4n) is 2.71. The zero-order valence-corrected chi connectivity index (χ0v) is 16.3. The first-order chi connectivity index (χ1) is 13.9. The monoisotopic (exact) mass is 395 g/mol. The molecule has 0 aliphatic carbocycles. The molecule has 0 saturated carbocycles. The van der Waals surface area contributed by atoms with Crippen LogP contribution in [0.4, 0.5) is 11.4 Å². The molecular formula is C21H21N3O5. The van der Waals surface area contributed by atoms with Crippen molar-refractivity contribution >= 4 is 35.2 Å². The fraction of sp³-hybridized carbons (Fsp3) is 0.190. The second-order valence-electron chi connectivity index (χ2n) is 6.46. The smallest absolute Gasteiger partial charge is 0.343 e. The number of para-hydroxylation sites is 1. The normalized spacial score (nSPS) is 14.7. The molecule has 0 radical (unpaired) electrons. The van der Waals surface area contributed by atoms with Gasteiger partial charge in [0.1, 0.15) is 11.3 Å². The van der Waals surface area contributed by atoms with Crippen molar-refractivity contribution in [3.05, 3.63) is 59.7 Å². The van der Waals surface area contributed by atoms with Crippen molar-refractivity contribution in [3.63, 3.8) is 0 Å². The third-order valence-electron chi connectivity index (χ3n) is 4.29. The van der Waals surface area contributed by atoms with Gasteiger partial charge in [-0.2, -0.15) is 0 Å². The van der Waals surface area contributed by atoms with E-state index in [2.05, 4.69) is 10.2 Å². The molecule has 0 atom stereocenters. The van der Waals surface area contributed by atoms with Crippen LogP contribution in [0.15, 0.2) is 54.1 Å². The van der Waals surface area contributed by atoms with E-state index < -0.39 is 17.8 Å². The van der Waals surface area contributed by atoms with Crippen LogP contribution in [0.1, 0.15) is 5.56 Å². The molecule has 0 bridgehead atoms. The third kappa shape index (κ3) is 4.37. The zero-order chi connectivity index (χ0) is 21.0. The Bertz CT molecular complexity index is 970. The number of methoxy groups -OCH3 is 1. The number of carbonyl (C=O) groups excluding carboxylic acids is 3. The molecule has 0 spiro atoms.